The molecule has 172 valence electrons. The number of carbonyl (C=O) groups is 2. The lowest BCUT2D eigenvalue weighted by Gasteiger charge is -2.09. The number of nitrogens with one attached hydrogen (secondary N) is 1. The molecule has 0 atom stereocenters. The van der Waals surface area contributed by atoms with E-state index in [4.69, 9.17) is 18.9 Å². The highest BCUT2D eigenvalue weighted by Crippen LogP contribution is 2.18. The minimum Gasteiger partial charge on any atom is -0.497 e. The summed E-state index contributed by atoms with van der Waals surface area (Å²) in [4.78, 5) is 23.7. The Morgan fingerprint density at radius 1 is 0.727 bits per heavy atom. The van der Waals surface area contributed by atoms with Crippen molar-refractivity contribution >= 4 is 11.9 Å². The van der Waals surface area contributed by atoms with Gasteiger partial charge in [-0.1, -0.05) is 42.5 Å². The molecule has 0 fully saturated rings. The fourth-order valence-corrected chi connectivity index (χ4v) is 2.89. The number of benzene rings is 3. The molecular weight excluding hydrogens is 422 g/mol. The molecule has 0 aliphatic heterocycles. The normalized spacial score (nSPS) is 10.2. The van der Waals surface area contributed by atoms with Crippen LogP contribution in [-0.4, -0.2) is 38.7 Å². The molecule has 0 heterocycles. The number of amides is 1. The Balaban J connectivity index is 1.29. The van der Waals surface area contributed by atoms with E-state index in [0.717, 1.165) is 16.9 Å². The van der Waals surface area contributed by atoms with E-state index in [1.165, 1.54) is 0 Å². The molecule has 0 radical (unpaired) electrons. The quantitative estimate of drug-likeness (QED) is 0.426. The minimum atomic E-state index is -0.621. The van der Waals surface area contributed by atoms with Gasteiger partial charge in [0.1, 0.15) is 23.9 Å². The van der Waals surface area contributed by atoms with Gasteiger partial charge in [-0.05, 0) is 53.9 Å². The number of carbonyl (C=O) groups excluding carboxylic acids is 2. The second kappa shape index (κ2) is 12.8. The van der Waals surface area contributed by atoms with Crippen molar-refractivity contribution in [1.82, 2.24) is 5.32 Å². The van der Waals surface area contributed by atoms with Crippen molar-refractivity contribution < 1.29 is 28.5 Å². The molecule has 7 nitrogen and oxygen atoms in total. The van der Waals surface area contributed by atoms with Crippen LogP contribution in [0.5, 0.6) is 17.2 Å². The van der Waals surface area contributed by atoms with E-state index < -0.39 is 5.97 Å². The van der Waals surface area contributed by atoms with Gasteiger partial charge in [0.05, 0.1) is 7.11 Å². The molecular formula is C26H27NO6. The highest BCUT2D eigenvalue weighted by atomic mass is 16.6. The lowest BCUT2D eigenvalue weighted by atomic mass is 10.1. The van der Waals surface area contributed by atoms with Crippen LogP contribution in [0.4, 0.5) is 0 Å². The smallest absolute Gasteiger partial charge is 0.344 e. The van der Waals surface area contributed by atoms with E-state index >= 15 is 0 Å². The predicted octanol–water partition coefficient (Wildman–Crippen LogP) is 3.56. The van der Waals surface area contributed by atoms with Crippen LogP contribution in [0.2, 0.25) is 0 Å². The van der Waals surface area contributed by atoms with Gasteiger partial charge in [0.15, 0.2) is 13.2 Å². The van der Waals surface area contributed by atoms with Crippen molar-refractivity contribution in [1.29, 1.82) is 0 Å². The fraction of sp³-hybridized carbons (Fsp3) is 0.231. The molecule has 0 bridgehead atoms. The number of hydrogen-bond acceptors (Lipinski definition) is 6. The van der Waals surface area contributed by atoms with Crippen LogP contribution in [0.1, 0.15) is 11.1 Å². The summed E-state index contributed by atoms with van der Waals surface area (Å²) < 4.78 is 21.2. The summed E-state index contributed by atoms with van der Waals surface area (Å²) in [6.07, 6.45) is 0.665. The lowest BCUT2D eigenvalue weighted by molar-refractivity contribution is -0.150. The zero-order chi connectivity index (χ0) is 23.3. The van der Waals surface area contributed by atoms with Gasteiger partial charge in [0, 0.05) is 6.54 Å². The highest BCUT2D eigenvalue weighted by molar-refractivity contribution is 5.80. The predicted molar refractivity (Wildman–Crippen MR) is 123 cm³/mol. The molecule has 0 aromatic heterocycles. The van der Waals surface area contributed by atoms with Gasteiger partial charge >= 0.3 is 5.97 Å². The Kier molecular flexibility index (Phi) is 9.15. The molecule has 3 rings (SSSR count). The first-order valence-electron chi connectivity index (χ1n) is 10.6. The minimum absolute atomic E-state index is 0.288. The molecule has 1 amide bonds. The average Bonchev–Trinajstić information content (AvgIpc) is 2.86. The molecule has 0 saturated carbocycles. The first-order chi connectivity index (χ1) is 16.1. The molecule has 0 aliphatic rings. The second-order valence-corrected chi connectivity index (χ2v) is 7.14. The van der Waals surface area contributed by atoms with E-state index in [9.17, 15) is 9.59 Å². The van der Waals surface area contributed by atoms with E-state index in [-0.39, 0.29) is 19.1 Å². The summed E-state index contributed by atoms with van der Waals surface area (Å²) in [5.41, 5.74) is 2.14. The van der Waals surface area contributed by atoms with E-state index in [2.05, 4.69) is 5.32 Å². The monoisotopic (exact) mass is 449 g/mol. The van der Waals surface area contributed by atoms with Crippen molar-refractivity contribution in [3.63, 3.8) is 0 Å². The first-order valence-corrected chi connectivity index (χ1v) is 10.6. The third-order valence-corrected chi connectivity index (χ3v) is 4.69. The van der Waals surface area contributed by atoms with Gasteiger partial charge in [-0.2, -0.15) is 0 Å². The maximum absolute atomic E-state index is 11.9. The third kappa shape index (κ3) is 8.57. The van der Waals surface area contributed by atoms with Gasteiger partial charge in [0.25, 0.3) is 5.91 Å². The maximum atomic E-state index is 11.9. The maximum Gasteiger partial charge on any atom is 0.344 e. The third-order valence-electron chi connectivity index (χ3n) is 4.69. The number of hydrogen-bond donors (Lipinski definition) is 1. The van der Waals surface area contributed by atoms with E-state index in [1.54, 1.807) is 31.4 Å². The van der Waals surface area contributed by atoms with Crippen molar-refractivity contribution in [3.05, 3.63) is 90.0 Å². The second-order valence-electron chi connectivity index (χ2n) is 7.14. The topological polar surface area (TPSA) is 83.1 Å². The molecule has 1 N–H and O–H groups in total. The molecule has 33 heavy (non-hydrogen) atoms. The van der Waals surface area contributed by atoms with Gasteiger partial charge in [0.2, 0.25) is 0 Å². The van der Waals surface area contributed by atoms with Crippen LogP contribution in [0.15, 0.2) is 78.9 Å². The van der Waals surface area contributed by atoms with Crippen LogP contribution in [0.3, 0.4) is 0 Å². The highest BCUT2D eigenvalue weighted by Gasteiger charge is 2.09. The number of methoxy groups -OCH3 is 1. The van der Waals surface area contributed by atoms with Crippen LogP contribution >= 0.6 is 0 Å². The molecule has 0 spiro atoms. The van der Waals surface area contributed by atoms with Crippen molar-refractivity contribution in [3.8, 4) is 17.2 Å². The van der Waals surface area contributed by atoms with Crippen LogP contribution in [-0.2, 0) is 27.4 Å². The summed E-state index contributed by atoms with van der Waals surface area (Å²) in [6.45, 7) is 0.272. The SMILES string of the molecule is COc1ccc(CCNC(=O)COC(=O)COc2ccc(OCc3ccccc3)cc2)cc1. The first kappa shape index (κ1) is 23.7. The van der Waals surface area contributed by atoms with Gasteiger partial charge in [-0.3, -0.25) is 4.79 Å². The standard InChI is InChI=1S/C26H27NO6/c1-30-22-9-7-20(8-10-22)15-16-27-25(28)18-33-26(29)19-32-24-13-11-23(12-14-24)31-17-21-5-3-2-4-6-21/h2-14H,15-19H2,1H3,(H,27,28). The van der Waals surface area contributed by atoms with Crippen LogP contribution in [0.25, 0.3) is 0 Å². The Bertz CT molecular complexity index is 1000. The van der Waals surface area contributed by atoms with Crippen molar-refractivity contribution in [2.75, 3.05) is 26.9 Å². The van der Waals surface area contributed by atoms with E-state index in [1.807, 2.05) is 54.6 Å². The zero-order valence-electron chi connectivity index (χ0n) is 18.5. The number of rotatable bonds is 12. The van der Waals surface area contributed by atoms with Gasteiger partial charge in [-0.25, -0.2) is 4.79 Å². The fourth-order valence-electron chi connectivity index (χ4n) is 2.89. The number of ether oxygens (including phenoxy) is 4. The Hall–Kier alpha value is -4.00. The van der Waals surface area contributed by atoms with E-state index in [0.29, 0.717) is 31.1 Å². The number of esters is 1. The summed E-state index contributed by atoms with van der Waals surface area (Å²) >= 11 is 0. The largest absolute Gasteiger partial charge is 0.497 e. The molecule has 3 aromatic carbocycles. The van der Waals surface area contributed by atoms with Crippen molar-refractivity contribution in [2.45, 2.75) is 13.0 Å². The summed E-state index contributed by atoms with van der Waals surface area (Å²) in [5, 5.41) is 2.72. The molecule has 0 unspecified atom stereocenters. The summed E-state index contributed by atoms with van der Waals surface area (Å²) in [7, 11) is 1.61. The summed E-state index contributed by atoms with van der Waals surface area (Å²) in [6, 6.07) is 24.4. The Morgan fingerprint density at radius 3 is 2.03 bits per heavy atom. The van der Waals surface area contributed by atoms with Crippen LogP contribution < -0.4 is 19.5 Å². The zero-order valence-corrected chi connectivity index (χ0v) is 18.5. The van der Waals surface area contributed by atoms with Gasteiger partial charge in [-0.15, -0.1) is 0 Å². The molecule has 0 aliphatic carbocycles. The lowest BCUT2D eigenvalue weighted by Crippen LogP contribution is -2.31. The molecule has 3 aromatic rings. The average molecular weight is 450 g/mol. The Morgan fingerprint density at radius 2 is 1.36 bits per heavy atom. The summed E-state index contributed by atoms with van der Waals surface area (Å²) in [5.74, 6) is 0.994. The molecule has 7 heteroatoms. The van der Waals surface area contributed by atoms with Crippen molar-refractivity contribution in [2.24, 2.45) is 0 Å². The Labute approximate surface area is 193 Å². The van der Waals surface area contributed by atoms with Crippen LogP contribution in [0, 0.1) is 0 Å². The van der Waals surface area contributed by atoms with Gasteiger partial charge < -0.3 is 24.3 Å². The molecule has 0 saturated heterocycles.